The maximum Gasteiger partial charge on any atom is 0.410 e. The fourth-order valence-corrected chi connectivity index (χ4v) is 8.30. The van der Waals surface area contributed by atoms with E-state index in [4.69, 9.17) is 25.8 Å². The molecule has 1 saturated carbocycles. The molecule has 10 heteroatoms. The summed E-state index contributed by atoms with van der Waals surface area (Å²) in [5, 5.41) is 12.8. The zero-order chi connectivity index (χ0) is 35.6. The van der Waals surface area contributed by atoms with Crippen LogP contribution in [0, 0.1) is 22.2 Å². The van der Waals surface area contributed by atoms with Crippen molar-refractivity contribution in [3.05, 3.63) is 64.2 Å². The molecule has 0 radical (unpaired) electrons. The van der Waals surface area contributed by atoms with Crippen LogP contribution < -0.4 is 10.1 Å². The van der Waals surface area contributed by atoms with E-state index in [2.05, 4.69) is 56.1 Å². The lowest BCUT2D eigenvalue weighted by Gasteiger charge is -2.63. The van der Waals surface area contributed by atoms with Crippen LogP contribution in [0.2, 0.25) is 5.02 Å². The molecule has 0 atom stereocenters. The normalized spacial score (nSPS) is 22.9. The highest BCUT2D eigenvalue weighted by atomic mass is 35.5. The standard InChI is InChI=1S/C39H53ClN4O5/c1-37(2,3)49-36(46)44-20-16-30(17-21-44)47-23-22-43-18-14-27(15-19-43)26-8-10-28(11-9-26)33(45)42-34-38(4,5)35(39(34,6)7)48-31-13-12-29(25-41)32(40)24-31/h8-13,24,27,30,34-35H,14-23H2,1-7H3,(H,42,45). The van der Waals surface area contributed by atoms with E-state index in [9.17, 15) is 14.9 Å². The molecule has 9 nitrogen and oxygen atoms in total. The Morgan fingerprint density at radius 1 is 0.959 bits per heavy atom. The van der Waals surface area contributed by atoms with Crippen LogP contribution >= 0.6 is 11.6 Å². The van der Waals surface area contributed by atoms with Gasteiger partial charge in [-0.15, -0.1) is 0 Å². The predicted octanol–water partition coefficient (Wildman–Crippen LogP) is 7.42. The summed E-state index contributed by atoms with van der Waals surface area (Å²) in [6.07, 6.45) is 3.65. The summed E-state index contributed by atoms with van der Waals surface area (Å²) in [7, 11) is 0. The van der Waals surface area contributed by atoms with E-state index < -0.39 is 5.60 Å². The molecule has 0 aromatic heterocycles. The molecule has 2 aliphatic heterocycles. The van der Waals surface area contributed by atoms with Crippen LogP contribution in [0.4, 0.5) is 4.79 Å². The molecule has 3 fully saturated rings. The smallest absolute Gasteiger partial charge is 0.410 e. The first-order valence-corrected chi connectivity index (χ1v) is 18.1. The SMILES string of the molecule is CC(C)(C)OC(=O)N1CCC(OCCN2CCC(c3ccc(C(=O)NC4C(C)(C)C(Oc5ccc(C#N)c(Cl)c5)C4(C)C)cc3)CC2)CC1. The Balaban J connectivity index is 1.03. The summed E-state index contributed by atoms with van der Waals surface area (Å²) >= 11 is 6.24. The summed E-state index contributed by atoms with van der Waals surface area (Å²) in [6, 6.07) is 15.2. The Morgan fingerprint density at radius 2 is 1.59 bits per heavy atom. The molecule has 2 saturated heterocycles. The molecule has 2 amide bonds. The highest BCUT2D eigenvalue weighted by Gasteiger charge is 2.64. The lowest BCUT2D eigenvalue weighted by molar-refractivity contribution is -0.164. The van der Waals surface area contributed by atoms with Gasteiger partial charge in [0.05, 0.1) is 23.3 Å². The Morgan fingerprint density at radius 3 is 2.16 bits per heavy atom. The van der Waals surface area contributed by atoms with Crippen molar-refractivity contribution in [2.45, 2.75) is 104 Å². The van der Waals surface area contributed by atoms with Gasteiger partial charge in [-0.3, -0.25) is 4.79 Å². The van der Waals surface area contributed by atoms with Gasteiger partial charge in [-0.25, -0.2) is 4.79 Å². The zero-order valence-corrected chi connectivity index (χ0v) is 30.9. The summed E-state index contributed by atoms with van der Waals surface area (Å²) < 4.78 is 18.1. The van der Waals surface area contributed by atoms with E-state index in [1.165, 1.54) is 5.56 Å². The van der Waals surface area contributed by atoms with Crippen LogP contribution in [0.5, 0.6) is 5.75 Å². The van der Waals surface area contributed by atoms with E-state index in [1.54, 1.807) is 23.1 Å². The molecule has 2 aromatic rings. The predicted molar refractivity (Wildman–Crippen MR) is 191 cm³/mol. The number of halogens is 1. The Labute approximate surface area is 297 Å². The minimum atomic E-state index is -0.475. The topological polar surface area (TPSA) is 104 Å². The van der Waals surface area contributed by atoms with Gasteiger partial charge in [-0.2, -0.15) is 5.26 Å². The molecular weight excluding hydrogens is 640 g/mol. The van der Waals surface area contributed by atoms with Crippen molar-refractivity contribution in [2.75, 3.05) is 39.3 Å². The van der Waals surface area contributed by atoms with Crippen molar-refractivity contribution < 1.29 is 23.8 Å². The summed E-state index contributed by atoms with van der Waals surface area (Å²) in [6.45, 7) is 19.1. The third-order valence-corrected chi connectivity index (χ3v) is 10.8. The van der Waals surface area contributed by atoms with Crippen LogP contribution in [0.3, 0.4) is 0 Å². The Hall–Kier alpha value is -3.32. The average molecular weight is 693 g/mol. The molecule has 0 spiro atoms. The third kappa shape index (κ3) is 8.71. The number of hydrogen-bond donors (Lipinski definition) is 1. The lowest BCUT2D eigenvalue weighted by Crippen LogP contribution is -2.74. The molecule has 266 valence electrons. The number of nitriles is 1. The quantitative estimate of drug-likeness (QED) is 0.292. The van der Waals surface area contributed by atoms with Crippen LogP contribution in [0.1, 0.15) is 102 Å². The second kappa shape index (κ2) is 14.9. The van der Waals surface area contributed by atoms with E-state index in [1.807, 2.05) is 32.9 Å². The second-order valence-electron chi connectivity index (χ2n) is 16.1. The second-order valence-corrected chi connectivity index (χ2v) is 16.5. The van der Waals surface area contributed by atoms with Gasteiger partial charge in [-0.05, 0) is 95.3 Å². The molecule has 1 aliphatic carbocycles. The van der Waals surface area contributed by atoms with E-state index in [0.717, 1.165) is 45.3 Å². The average Bonchev–Trinajstić information content (AvgIpc) is 3.06. The van der Waals surface area contributed by atoms with Gasteiger partial charge in [-0.1, -0.05) is 51.4 Å². The Bertz CT molecular complexity index is 1500. The fourth-order valence-electron chi connectivity index (χ4n) is 8.09. The van der Waals surface area contributed by atoms with Crippen molar-refractivity contribution in [3.63, 3.8) is 0 Å². The molecule has 3 aliphatic rings. The van der Waals surface area contributed by atoms with Gasteiger partial charge < -0.3 is 29.3 Å². The first-order chi connectivity index (χ1) is 23.1. The van der Waals surface area contributed by atoms with Gasteiger partial charge >= 0.3 is 6.09 Å². The van der Waals surface area contributed by atoms with Gasteiger partial charge in [0.25, 0.3) is 5.91 Å². The van der Waals surface area contributed by atoms with E-state index in [0.29, 0.717) is 47.5 Å². The molecule has 0 bridgehead atoms. The number of hydrogen-bond acceptors (Lipinski definition) is 7. The van der Waals surface area contributed by atoms with Crippen molar-refractivity contribution in [1.29, 1.82) is 5.26 Å². The van der Waals surface area contributed by atoms with E-state index >= 15 is 0 Å². The lowest BCUT2D eigenvalue weighted by atomic mass is 9.49. The number of piperidine rings is 2. The number of carbonyl (C=O) groups is 2. The van der Waals surface area contributed by atoms with Crippen molar-refractivity contribution in [1.82, 2.24) is 15.1 Å². The first kappa shape index (κ1) is 36.9. The summed E-state index contributed by atoms with van der Waals surface area (Å²) in [5.74, 6) is 1.01. The molecule has 0 unspecified atom stereocenters. The number of ether oxygens (including phenoxy) is 3. The summed E-state index contributed by atoms with van der Waals surface area (Å²) in [4.78, 5) is 30.0. The van der Waals surface area contributed by atoms with Crippen molar-refractivity contribution in [2.24, 2.45) is 10.8 Å². The monoisotopic (exact) mass is 692 g/mol. The minimum Gasteiger partial charge on any atom is -0.489 e. The number of likely N-dealkylation sites (tertiary alicyclic amines) is 2. The van der Waals surface area contributed by atoms with Crippen LogP contribution in [-0.2, 0) is 9.47 Å². The number of amides is 2. The molecule has 2 heterocycles. The Kier molecular flexibility index (Phi) is 11.2. The molecular formula is C39H53ClN4O5. The number of nitrogens with zero attached hydrogens (tertiary/aromatic N) is 3. The molecule has 5 rings (SSSR count). The molecule has 1 N–H and O–H groups in total. The number of rotatable bonds is 9. The van der Waals surface area contributed by atoms with Crippen molar-refractivity contribution in [3.8, 4) is 11.8 Å². The highest BCUT2D eigenvalue weighted by molar-refractivity contribution is 6.31. The minimum absolute atomic E-state index is 0.0806. The van der Waals surface area contributed by atoms with Crippen molar-refractivity contribution >= 4 is 23.6 Å². The van der Waals surface area contributed by atoms with Crippen LogP contribution in [0.25, 0.3) is 0 Å². The van der Waals surface area contributed by atoms with Gasteiger partial charge in [0.1, 0.15) is 23.5 Å². The number of carbonyl (C=O) groups excluding carboxylic acids is 2. The van der Waals surface area contributed by atoms with Crippen LogP contribution in [-0.4, -0.2) is 85.0 Å². The number of nitrogens with one attached hydrogen (secondary N) is 1. The first-order valence-electron chi connectivity index (χ1n) is 17.7. The molecule has 49 heavy (non-hydrogen) atoms. The van der Waals surface area contributed by atoms with Crippen LogP contribution in [0.15, 0.2) is 42.5 Å². The zero-order valence-electron chi connectivity index (χ0n) is 30.2. The van der Waals surface area contributed by atoms with E-state index in [-0.39, 0.29) is 41.1 Å². The molecule has 2 aromatic carbocycles. The van der Waals surface area contributed by atoms with Gasteiger partial charge in [0, 0.05) is 48.1 Å². The fraction of sp³-hybridized carbons (Fsp3) is 0.615. The van der Waals surface area contributed by atoms with Gasteiger partial charge in [0.2, 0.25) is 0 Å². The highest BCUT2D eigenvalue weighted by Crippen LogP contribution is 2.55. The third-order valence-electron chi connectivity index (χ3n) is 10.5. The summed E-state index contributed by atoms with van der Waals surface area (Å²) in [5.41, 5.74) is 1.23. The maximum atomic E-state index is 13.4. The van der Waals surface area contributed by atoms with Gasteiger partial charge in [0.15, 0.2) is 0 Å². The number of benzene rings is 2. The largest absolute Gasteiger partial charge is 0.489 e. The maximum absolute atomic E-state index is 13.4.